The lowest BCUT2D eigenvalue weighted by Crippen LogP contribution is -2.39. The number of hydrogen-bond acceptors (Lipinski definition) is 4. The molecular weight excluding hydrogens is 214 g/mol. The molecule has 0 atom stereocenters. The molecule has 0 aliphatic carbocycles. The van der Waals surface area contributed by atoms with E-state index >= 15 is 0 Å². The third-order valence-corrected chi connectivity index (χ3v) is 3.41. The van der Waals surface area contributed by atoms with Gasteiger partial charge in [-0.05, 0) is 24.3 Å². The van der Waals surface area contributed by atoms with Gasteiger partial charge in [-0.3, -0.25) is 5.41 Å². The maximum absolute atomic E-state index is 7.56. The Morgan fingerprint density at radius 1 is 1.41 bits per heavy atom. The first-order chi connectivity index (χ1) is 7.99. The highest BCUT2D eigenvalue weighted by atomic mass is 15.3. The van der Waals surface area contributed by atoms with E-state index in [0.29, 0.717) is 11.0 Å². The first-order valence-corrected chi connectivity index (χ1v) is 5.91. The van der Waals surface area contributed by atoms with Crippen LogP contribution in [0.15, 0.2) is 12.3 Å². The fourth-order valence-corrected chi connectivity index (χ4v) is 2.09. The molecule has 0 saturated carbocycles. The smallest absolute Gasteiger partial charge is 0.162 e. The predicted molar refractivity (Wildman–Crippen MR) is 68.3 cm³/mol. The van der Waals surface area contributed by atoms with Crippen molar-refractivity contribution in [2.75, 3.05) is 18.0 Å². The summed E-state index contributed by atoms with van der Waals surface area (Å²) < 4.78 is 0. The molecule has 92 valence electrons. The second-order valence-corrected chi connectivity index (χ2v) is 5.33. The lowest BCUT2D eigenvalue weighted by molar-refractivity contribution is 0.279. The summed E-state index contributed by atoms with van der Waals surface area (Å²) in [5, 5.41) is 15.6. The Morgan fingerprint density at radius 2 is 2.06 bits per heavy atom. The molecule has 0 amide bonds. The molecule has 3 N–H and O–H groups in total. The molecule has 1 saturated heterocycles. The minimum atomic E-state index is 0.0553. The summed E-state index contributed by atoms with van der Waals surface area (Å²) in [6, 6.07) is 1.75. The van der Waals surface area contributed by atoms with Crippen LogP contribution >= 0.6 is 0 Å². The van der Waals surface area contributed by atoms with Crippen LogP contribution in [0.5, 0.6) is 0 Å². The van der Waals surface area contributed by atoms with E-state index in [2.05, 4.69) is 28.9 Å². The lowest BCUT2D eigenvalue weighted by Gasteiger charge is -2.37. The molecule has 5 heteroatoms. The number of anilines is 1. The summed E-state index contributed by atoms with van der Waals surface area (Å²) in [6.07, 6.45) is 3.83. The average molecular weight is 233 g/mol. The summed E-state index contributed by atoms with van der Waals surface area (Å²) >= 11 is 0. The Bertz CT molecular complexity index is 417. The Morgan fingerprint density at radius 3 is 2.65 bits per heavy atom. The van der Waals surface area contributed by atoms with Crippen molar-refractivity contribution in [3.63, 3.8) is 0 Å². The van der Waals surface area contributed by atoms with Crippen molar-refractivity contribution in [3.8, 4) is 0 Å². The van der Waals surface area contributed by atoms with Gasteiger partial charge >= 0.3 is 0 Å². The van der Waals surface area contributed by atoms with E-state index in [9.17, 15) is 0 Å². The number of hydrogen-bond donors (Lipinski definition) is 2. The van der Waals surface area contributed by atoms with Crippen molar-refractivity contribution in [1.82, 2.24) is 10.2 Å². The molecule has 2 rings (SSSR count). The van der Waals surface area contributed by atoms with Gasteiger partial charge in [0.1, 0.15) is 5.84 Å². The average Bonchev–Trinajstić information content (AvgIpc) is 2.29. The van der Waals surface area contributed by atoms with Crippen molar-refractivity contribution < 1.29 is 0 Å². The number of nitrogens with two attached hydrogens (primary N) is 1. The number of nitrogens with one attached hydrogen (secondary N) is 1. The highest BCUT2D eigenvalue weighted by molar-refractivity contribution is 5.99. The maximum Gasteiger partial charge on any atom is 0.162 e. The van der Waals surface area contributed by atoms with Crippen LogP contribution in [0.4, 0.5) is 5.82 Å². The molecule has 1 fully saturated rings. The van der Waals surface area contributed by atoms with Crippen LogP contribution < -0.4 is 10.6 Å². The molecule has 0 bridgehead atoms. The second-order valence-electron chi connectivity index (χ2n) is 5.33. The molecule has 0 unspecified atom stereocenters. The Balaban J connectivity index is 2.21. The molecular formula is C12H19N5. The molecule has 0 spiro atoms. The van der Waals surface area contributed by atoms with Gasteiger partial charge in [0.2, 0.25) is 0 Å². The summed E-state index contributed by atoms with van der Waals surface area (Å²) in [5.74, 6) is 0.801. The fraction of sp³-hybridized carbons (Fsp3) is 0.583. The molecule has 0 aromatic carbocycles. The van der Waals surface area contributed by atoms with Crippen LogP contribution in [0.1, 0.15) is 32.3 Å². The molecule has 0 radical (unpaired) electrons. The summed E-state index contributed by atoms with van der Waals surface area (Å²) in [4.78, 5) is 2.18. The van der Waals surface area contributed by atoms with Crippen molar-refractivity contribution in [3.05, 3.63) is 17.8 Å². The summed E-state index contributed by atoms with van der Waals surface area (Å²) in [7, 11) is 0. The molecule has 1 aromatic rings. The van der Waals surface area contributed by atoms with Crippen LogP contribution in [0.3, 0.4) is 0 Å². The normalized spacial score (nSPS) is 19.1. The van der Waals surface area contributed by atoms with Crippen LogP contribution in [-0.2, 0) is 0 Å². The minimum Gasteiger partial charge on any atom is -0.384 e. The highest BCUT2D eigenvalue weighted by Crippen LogP contribution is 2.32. The molecule has 2 heterocycles. The Hall–Kier alpha value is -1.65. The summed E-state index contributed by atoms with van der Waals surface area (Å²) in [6.45, 7) is 6.47. The van der Waals surface area contributed by atoms with E-state index < -0.39 is 0 Å². The quantitative estimate of drug-likeness (QED) is 0.597. The van der Waals surface area contributed by atoms with Gasteiger partial charge in [0.15, 0.2) is 5.82 Å². The van der Waals surface area contributed by atoms with E-state index in [1.807, 2.05) is 0 Å². The molecule has 1 aromatic heterocycles. The van der Waals surface area contributed by atoms with Gasteiger partial charge in [-0.1, -0.05) is 13.8 Å². The standard InChI is InChI=1S/C12H19N5/c1-12(2)4-7-17(8-5-12)11-9(10(13)14)3-6-15-16-11/h3,6H,4-5,7-8H2,1-2H3,(H3,13,14). The third-order valence-electron chi connectivity index (χ3n) is 3.41. The number of amidine groups is 1. The van der Waals surface area contributed by atoms with E-state index in [0.717, 1.165) is 31.7 Å². The number of nitrogens with zero attached hydrogens (tertiary/aromatic N) is 3. The number of piperidine rings is 1. The lowest BCUT2D eigenvalue weighted by atomic mass is 9.82. The first-order valence-electron chi connectivity index (χ1n) is 5.91. The monoisotopic (exact) mass is 233 g/mol. The maximum atomic E-state index is 7.56. The first kappa shape index (κ1) is 11.8. The van der Waals surface area contributed by atoms with E-state index in [4.69, 9.17) is 11.1 Å². The van der Waals surface area contributed by atoms with Crippen LogP contribution in [-0.4, -0.2) is 29.1 Å². The van der Waals surface area contributed by atoms with Crippen molar-refractivity contribution in [2.45, 2.75) is 26.7 Å². The zero-order chi connectivity index (χ0) is 12.5. The molecule has 1 aliphatic rings. The van der Waals surface area contributed by atoms with Crippen molar-refractivity contribution in [1.29, 1.82) is 5.41 Å². The summed E-state index contributed by atoms with van der Waals surface area (Å²) in [5.41, 5.74) is 6.64. The van der Waals surface area contributed by atoms with Gasteiger partial charge in [0.25, 0.3) is 0 Å². The van der Waals surface area contributed by atoms with Gasteiger partial charge in [0.05, 0.1) is 11.8 Å². The SMILES string of the molecule is CC1(C)CCN(c2nnccc2C(=N)N)CC1. The second kappa shape index (κ2) is 4.31. The number of rotatable bonds is 2. The molecule has 17 heavy (non-hydrogen) atoms. The van der Waals surface area contributed by atoms with Gasteiger partial charge in [0, 0.05) is 13.1 Å². The Kier molecular flexibility index (Phi) is 3.00. The molecule has 1 aliphatic heterocycles. The zero-order valence-electron chi connectivity index (χ0n) is 10.4. The van der Waals surface area contributed by atoms with Gasteiger partial charge in [-0.15, -0.1) is 5.10 Å². The van der Waals surface area contributed by atoms with Crippen LogP contribution in [0.25, 0.3) is 0 Å². The van der Waals surface area contributed by atoms with Gasteiger partial charge in [-0.2, -0.15) is 5.10 Å². The van der Waals surface area contributed by atoms with Crippen molar-refractivity contribution in [2.24, 2.45) is 11.1 Å². The number of nitrogen functional groups attached to an aromatic ring is 1. The van der Waals surface area contributed by atoms with E-state index in [1.54, 1.807) is 12.3 Å². The highest BCUT2D eigenvalue weighted by Gasteiger charge is 2.27. The third kappa shape index (κ3) is 2.54. The van der Waals surface area contributed by atoms with Crippen molar-refractivity contribution >= 4 is 11.7 Å². The predicted octanol–water partition coefficient (Wildman–Crippen LogP) is 1.39. The van der Waals surface area contributed by atoms with Gasteiger partial charge in [-0.25, -0.2) is 0 Å². The number of aromatic nitrogens is 2. The minimum absolute atomic E-state index is 0.0553. The van der Waals surface area contributed by atoms with Crippen LogP contribution in [0.2, 0.25) is 0 Å². The Labute approximate surface area is 102 Å². The fourth-order valence-electron chi connectivity index (χ4n) is 2.09. The van der Waals surface area contributed by atoms with E-state index in [1.165, 1.54) is 0 Å². The zero-order valence-corrected chi connectivity index (χ0v) is 10.4. The van der Waals surface area contributed by atoms with Crippen LogP contribution in [0, 0.1) is 10.8 Å². The molecule has 5 nitrogen and oxygen atoms in total. The van der Waals surface area contributed by atoms with E-state index in [-0.39, 0.29) is 5.84 Å². The van der Waals surface area contributed by atoms with Gasteiger partial charge < -0.3 is 10.6 Å². The topological polar surface area (TPSA) is 78.9 Å². The largest absolute Gasteiger partial charge is 0.384 e.